The molecule has 1 heterocycles. The van der Waals surface area contributed by atoms with Crippen molar-refractivity contribution in [3.05, 3.63) is 70.5 Å². The van der Waals surface area contributed by atoms with Gasteiger partial charge in [-0.05, 0) is 39.2 Å². The van der Waals surface area contributed by atoms with E-state index in [0.29, 0.717) is 0 Å². The number of nitrogens with zero attached hydrogens (tertiary/aromatic N) is 1. The van der Waals surface area contributed by atoms with Crippen LogP contribution in [0.4, 0.5) is 0 Å². The molecule has 1 aromatic heterocycles. The average molecular weight is 384 g/mol. The quantitative estimate of drug-likeness (QED) is 0.350. The fraction of sp³-hybridized carbons (Fsp3) is 0.286. The summed E-state index contributed by atoms with van der Waals surface area (Å²) in [7, 11) is 0. The summed E-state index contributed by atoms with van der Waals surface area (Å²) < 4.78 is 3.02. The zero-order valence-corrected chi connectivity index (χ0v) is 15.6. The molecule has 3 heteroatoms. The number of halogens is 1. The molecule has 0 saturated carbocycles. The van der Waals surface area contributed by atoms with Gasteiger partial charge in [0.15, 0.2) is 5.78 Å². The van der Waals surface area contributed by atoms with Gasteiger partial charge in [-0.15, -0.1) is 0 Å². The van der Waals surface area contributed by atoms with Crippen LogP contribution in [-0.4, -0.2) is 10.4 Å². The fourth-order valence-electron chi connectivity index (χ4n) is 3.07. The van der Waals surface area contributed by atoms with Crippen LogP contribution in [0.1, 0.15) is 48.5 Å². The molecule has 3 rings (SSSR count). The van der Waals surface area contributed by atoms with Crippen molar-refractivity contribution in [3.8, 4) is 0 Å². The monoisotopic (exact) mass is 383 g/mol. The first-order valence-electron chi connectivity index (χ1n) is 8.59. The number of aryl methyl sites for hydroxylation is 1. The molecule has 124 valence electrons. The number of rotatable bonds is 7. The van der Waals surface area contributed by atoms with E-state index < -0.39 is 0 Å². The Balaban J connectivity index is 1.86. The van der Waals surface area contributed by atoms with Crippen LogP contribution < -0.4 is 0 Å². The molecule has 0 fully saturated rings. The molecule has 0 amide bonds. The van der Waals surface area contributed by atoms with Crippen molar-refractivity contribution >= 4 is 32.5 Å². The minimum absolute atomic E-state index is 0.0750. The van der Waals surface area contributed by atoms with Gasteiger partial charge in [0.2, 0.25) is 0 Å². The van der Waals surface area contributed by atoms with Crippen molar-refractivity contribution in [2.24, 2.45) is 0 Å². The molecule has 0 unspecified atom stereocenters. The number of hydrogen-bond acceptors (Lipinski definition) is 1. The van der Waals surface area contributed by atoms with Crippen molar-refractivity contribution < 1.29 is 4.79 Å². The Bertz CT molecular complexity index is 845. The van der Waals surface area contributed by atoms with Crippen molar-refractivity contribution in [2.45, 2.75) is 39.2 Å². The molecule has 3 aromatic rings. The molecule has 0 spiro atoms. The lowest BCUT2D eigenvalue weighted by molar-refractivity contribution is 0.103. The third-order valence-electron chi connectivity index (χ3n) is 4.43. The summed E-state index contributed by atoms with van der Waals surface area (Å²) in [4.78, 5) is 13.0. The Labute approximate surface area is 151 Å². The molecule has 0 bridgehead atoms. The number of hydrogen-bond donors (Lipinski definition) is 0. The second-order valence-corrected chi connectivity index (χ2v) is 6.88. The number of benzene rings is 2. The highest BCUT2D eigenvalue weighted by Gasteiger charge is 2.17. The maximum atomic E-state index is 13.0. The number of unbranched alkanes of at least 4 members (excludes halogenated alkanes) is 3. The van der Waals surface area contributed by atoms with E-state index >= 15 is 0 Å². The largest absolute Gasteiger partial charge is 0.342 e. The van der Waals surface area contributed by atoms with Crippen molar-refractivity contribution in [2.75, 3.05) is 0 Å². The molecule has 0 atom stereocenters. The van der Waals surface area contributed by atoms with Crippen LogP contribution in [0, 0.1) is 0 Å². The second kappa shape index (κ2) is 7.80. The van der Waals surface area contributed by atoms with Crippen LogP contribution in [0.5, 0.6) is 0 Å². The molecule has 0 aliphatic carbocycles. The third kappa shape index (κ3) is 3.46. The highest BCUT2D eigenvalue weighted by molar-refractivity contribution is 9.10. The molecular weight excluding hydrogens is 362 g/mol. The minimum atomic E-state index is 0.0750. The smallest absolute Gasteiger partial charge is 0.196 e. The maximum absolute atomic E-state index is 13.0. The van der Waals surface area contributed by atoms with E-state index in [4.69, 9.17) is 0 Å². The van der Waals surface area contributed by atoms with E-state index in [2.05, 4.69) is 27.4 Å². The zero-order chi connectivity index (χ0) is 16.9. The Hall–Kier alpha value is -1.87. The fourth-order valence-corrected chi connectivity index (χ4v) is 3.68. The lowest BCUT2D eigenvalue weighted by Crippen LogP contribution is -2.04. The summed E-state index contributed by atoms with van der Waals surface area (Å²) in [5.74, 6) is 0.0750. The van der Waals surface area contributed by atoms with Gasteiger partial charge in [0.25, 0.3) is 0 Å². The minimum Gasteiger partial charge on any atom is -0.342 e. The summed E-state index contributed by atoms with van der Waals surface area (Å²) in [6.45, 7) is 3.16. The van der Waals surface area contributed by atoms with Crippen LogP contribution in [0.25, 0.3) is 10.8 Å². The van der Waals surface area contributed by atoms with Gasteiger partial charge < -0.3 is 4.57 Å². The first kappa shape index (κ1) is 17.0. The van der Waals surface area contributed by atoms with Crippen LogP contribution in [0.15, 0.2) is 59.3 Å². The molecule has 0 radical (unpaired) electrons. The Morgan fingerprint density at radius 2 is 1.75 bits per heavy atom. The number of fused-ring (bicyclic) bond motifs is 1. The molecule has 0 aliphatic rings. The van der Waals surface area contributed by atoms with Crippen LogP contribution in [0.2, 0.25) is 0 Å². The van der Waals surface area contributed by atoms with Gasteiger partial charge >= 0.3 is 0 Å². The molecule has 24 heavy (non-hydrogen) atoms. The van der Waals surface area contributed by atoms with Crippen LogP contribution in [0.3, 0.4) is 0 Å². The molecule has 2 nitrogen and oxygen atoms in total. The van der Waals surface area contributed by atoms with E-state index in [1.54, 1.807) is 0 Å². The van der Waals surface area contributed by atoms with Crippen molar-refractivity contribution in [3.63, 3.8) is 0 Å². The van der Waals surface area contributed by atoms with Gasteiger partial charge in [-0.2, -0.15) is 0 Å². The van der Waals surface area contributed by atoms with E-state index in [0.717, 1.165) is 39.5 Å². The van der Waals surface area contributed by atoms with Gasteiger partial charge in [0.05, 0.1) is 10.2 Å². The predicted molar refractivity (Wildman–Crippen MR) is 104 cm³/mol. The predicted octanol–water partition coefficient (Wildman–Crippen LogP) is 6.22. The van der Waals surface area contributed by atoms with Gasteiger partial charge in [-0.25, -0.2) is 0 Å². The molecule has 2 aromatic carbocycles. The van der Waals surface area contributed by atoms with E-state index in [9.17, 15) is 4.79 Å². The Morgan fingerprint density at radius 1 is 0.958 bits per heavy atom. The normalized spacial score (nSPS) is 11.1. The van der Waals surface area contributed by atoms with Crippen molar-refractivity contribution in [1.29, 1.82) is 0 Å². The molecule has 0 aliphatic heterocycles. The van der Waals surface area contributed by atoms with Gasteiger partial charge in [0.1, 0.15) is 0 Å². The molecule has 0 saturated heterocycles. The Kier molecular flexibility index (Phi) is 5.52. The molecule has 0 N–H and O–H groups in total. The SMILES string of the molecule is CCCCCCn1ccc(C(=O)c2cccc3ccccc23)c1Br. The Morgan fingerprint density at radius 3 is 2.58 bits per heavy atom. The first-order chi connectivity index (χ1) is 11.7. The topological polar surface area (TPSA) is 22.0 Å². The van der Waals surface area contributed by atoms with Crippen LogP contribution >= 0.6 is 15.9 Å². The van der Waals surface area contributed by atoms with Gasteiger partial charge in [-0.3, -0.25) is 4.79 Å². The summed E-state index contributed by atoms with van der Waals surface area (Å²) in [6.07, 6.45) is 6.88. The van der Waals surface area contributed by atoms with Crippen LogP contribution in [-0.2, 0) is 6.54 Å². The maximum Gasteiger partial charge on any atom is 0.196 e. The number of carbonyl (C=O) groups excluding carboxylic acids is 1. The first-order valence-corrected chi connectivity index (χ1v) is 9.38. The van der Waals surface area contributed by atoms with E-state index in [1.165, 1.54) is 19.3 Å². The lowest BCUT2D eigenvalue weighted by Gasteiger charge is -2.07. The summed E-state index contributed by atoms with van der Waals surface area (Å²) in [6, 6.07) is 15.9. The standard InChI is InChI=1S/C21H22BrNO/c1-2-3-4-7-14-23-15-13-19(21(23)22)20(24)18-12-8-10-16-9-5-6-11-17(16)18/h5-6,8-13,15H,2-4,7,14H2,1H3. The van der Waals surface area contributed by atoms with Gasteiger partial charge in [0, 0.05) is 18.3 Å². The third-order valence-corrected chi connectivity index (χ3v) is 5.31. The van der Waals surface area contributed by atoms with E-state index in [1.807, 2.05) is 54.7 Å². The summed E-state index contributed by atoms with van der Waals surface area (Å²) in [5, 5.41) is 2.10. The second-order valence-electron chi connectivity index (χ2n) is 6.13. The number of aromatic nitrogens is 1. The number of ketones is 1. The average Bonchev–Trinajstić information content (AvgIpc) is 2.98. The lowest BCUT2D eigenvalue weighted by atomic mass is 9.99. The highest BCUT2D eigenvalue weighted by Crippen LogP contribution is 2.26. The molecular formula is C21H22BrNO. The number of carbonyl (C=O) groups is 1. The zero-order valence-electron chi connectivity index (χ0n) is 14.0. The van der Waals surface area contributed by atoms with Crippen molar-refractivity contribution in [1.82, 2.24) is 4.57 Å². The van der Waals surface area contributed by atoms with Gasteiger partial charge in [-0.1, -0.05) is 68.7 Å². The van der Waals surface area contributed by atoms with E-state index in [-0.39, 0.29) is 5.78 Å². The highest BCUT2D eigenvalue weighted by atomic mass is 79.9. The summed E-state index contributed by atoms with van der Waals surface area (Å²) >= 11 is 3.62. The summed E-state index contributed by atoms with van der Waals surface area (Å²) in [5.41, 5.74) is 1.50.